The summed E-state index contributed by atoms with van der Waals surface area (Å²) in [6, 6.07) is 3.31. The van der Waals surface area contributed by atoms with Gasteiger partial charge in [-0.15, -0.1) is 0 Å². The van der Waals surface area contributed by atoms with Gasteiger partial charge in [0.05, 0.1) is 0 Å². The minimum Gasteiger partial charge on any atom is -0.382 e. The monoisotopic (exact) mass is 234 g/mol. The van der Waals surface area contributed by atoms with Crippen molar-refractivity contribution in [1.29, 1.82) is 0 Å². The number of hydrogen-bond donors (Lipinski definition) is 2. The average Bonchev–Trinajstić information content (AvgIpc) is 2.71. The summed E-state index contributed by atoms with van der Waals surface area (Å²) in [7, 11) is 3.47. The Morgan fingerprint density at radius 3 is 2.47 bits per heavy atom. The molecule has 2 rings (SSSR count). The minimum absolute atomic E-state index is 0.283. The molecular formula is C10H14N6O. The van der Waals surface area contributed by atoms with Gasteiger partial charge in [0.1, 0.15) is 11.5 Å². The Kier molecular flexibility index (Phi) is 2.58. The van der Waals surface area contributed by atoms with Crippen molar-refractivity contribution >= 4 is 17.5 Å². The number of hydrogen-bond acceptors (Lipinski definition) is 4. The Balaban J connectivity index is 2.19. The zero-order chi connectivity index (χ0) is 12.6. The molecule has 0 radical (unpaired) electrons. The molecule has 0 atom stereocenters. The molecule has 3 N–H and O–H groups in total. The maximum absolute atomic E-state index is 11.9. The van der Waals surface area contributed by atoms with Gasteiger partial charge in [0.25, 0.3) is 5.91 Å². The molecule has 0 fully saturated rings. The number of amides is 1. The van der Waals surface area contributed by atoms with Crippen LogP contribution in [-0.4, -0.2) is 25.5 Å². The van der Waals surface area contributed by atoms with Crippen LogP contribution in [0.25, 0.3) is 0 Å². The van der Waals surface area contributed by atoms with Gasteiger partial charge in [0.15, 0.2) is 5.82 Å². The number of nitrogens with two attached hydrogens (primary N) is 1. The zero-order valence-electron chi connectivity index (χ0n) is 9.93. The minimum atomic E-state index is -0.283. The third-order valence-corrected chi connectivity index (χ3v) is 2.49. The number of nitrogen functional groups attached to an aromatic ring is 1. The molecule has 7 nitrogen and oxygen atoms in total. The molecule has 0 aliphatic rings. The van der Waals surface area contributed by atoms with Crippen LogP contribution in [0.15, 0.2) is 12.1 Å². The first-order valence-corrected chi connectivity index (χ1v) is 5.09. The lowest BCUT2D eigenvalue weighted by molar-refractivity contribution is 0.101. The molecule has 0 aromatic carbocycles. The molecule has 0 spiro atoms. The summed E-state index contributed by atoms with van der Waals surface area (Å²) in [6.07, 6.45) is 0. The molecule has 90 valence electrons. The molecule has 0 unspecified atom stereocenters. The highest BCUT2D eigenvalue weighted by Gasteiger charge is 2.13. The topological polar surface area (TPSA) is 90.8 Å². The molecule has 2 heterocycles. The van der Waals surface area contributed by atoms with Gasteiger partial charge >= 0.3 is 0 Å². The van der Waals surface area contributed by atoms with Crippen LogP contribution in [0.5, 0.6) is 0 Å². The van der Waals surface area contributed by atoms with E-state index in [1.807, 2.05) is 14.0 Å². The van der Waals surface area contributed by atoms with Crippen molar-refractivity contribution in [2.24, 2.45) is 14.1 Å². The average molecular weight is 234 g/mol. The lowest BCUT2D eigenvalue weighted by atomic mass is 10.4. The van der Waals surface area contributed by atoms with Crippen LogP contribution in [0.4, 0.5) is 11.6 Å². The standard InChI is InChI=1S/C10H14N6O/c1-6-4-9(14-15(6)2)12-10(17)7-5-8(11)13-16(7)3/h4-5H,1-3H3,(H2,11,13)(H,12,14,17). The van der Waals surface area contributed by atoms with E-state index in [0.29, 0.717) is 17.3 Å². The Morgan fingerprint density at radius 1 is 1.29 bits per heavy atom. The second kappa shape index (κ2) is 3.93. The predicted molar refractivity (Wildman–Crippen MR) is 63.5 cm³/mol. The Morgan fingerprint density at radius 2 is 2.00 bits per heavy atom. The summed E-state index contributed by atoms with van der Waals surface area (Å²) >= 11 is 0. The van der Waals surface area contributed by atoms with Gasteiger partial charge in [-0.25, -0.2) is 0 Å². The zero-order valence-corrected chi connectivity index (χ0v) is 9.93. The van der Waals surface area contributed by atoms with E-state index in [-0.39, 0.29) is 5.91 Å². The number of carbonyl (C=O) groups excluding carboxylic acids is 1. The first-order chi connectivity index (χ1) is 7.97. The van der Waals surface area contributed by atoms with Gasteiger partial charge < -0.3 is 11.1 Å². The molecule has 17 heavy (non-hydrogen) atoms. The maximum Gasteiger partial charge on any atom is 0.275 e. The van der Waals surface area contributed by atoms with E-state index in [2.05, 4.69) is 15.5 Å². The highest BCUT2D eigenvalue weighted by molar-refractivity contribution is 6.02. The molecular weight excluding hydrogens is 220 g/mol. The van der Waals surface area contributed by atoms with Crippen molar-refractivity contribution in [1.82, 2.24) is 19.6 Å². The molecule has 0 aliphatic heterocycles. The van der Waals surface area contributed by atoms with E-state index in [4.69, 9.17) is 5.73 Å². The summed E-state index contributed by atoms with van der Waals surface area (Å²) in [4.78, 5) is 11.9. The highest BCUT2D eigenvalue weighted by atomic mass is 16.2. The van der Waals surface area contributed by atoms with E-state index < -0.39 is 0 Å². The van der Waals surface area contributed by atoms with Gasteiger partial charge in [0, 0.05) is 31.9 Å². The Hall–Kier alpha value is -2.31. The first kappa shape index (κ1) is 11.2. The normalized spacial score (nSPS) is 10.5. The molecule has 0 bridgehead atoms. The lowest BCUT2D eigenvalue weighted by Crippen LogP contribution is -2.16. The number of rotatable bonds is 2. The number of nitrogens with zero attached hydrogens (tertiary/aromatic N) is 4. The fourth-order valence-corrected chi connectivity index (χ4v) is 1.50. The number of nitrogens with one attached hydrogen (secondary N) is 1. The summed E-state index contributed by atoms with van der Waals surface area (Å²) in [5.74, 6) is 0.541. The van der Waals surface area contributed by atoms with Gasteiger partial charge in [-0.05, 0) is 6.92 Å². The van der Waals surface area contributed by atoms with Crippen molar-refractivity contribution < 1.29 is 4.79 Å². The second-order valence-corrected chi connectivity index (χ2v) is 3.83. The Labute approximate surface area is 98.2 Å². The molecule has 2 aromatic heterocycles. The van der Waals surface area contributed by atoms with Crippen LogP contribution in [0.1, 0.15) is 16.2 Å². The summed E-state index contributed by atoms with van der Waals surface area (Å²) in [6.45, 7) is 1.91. The van der Waals surface area contributed by atoms with Crippen LogP contribution in [0, 0.1) is 6.92 Å². The van der Waals surface area contributed by atoms with E-state index >= 15 is 0 Å². The summed E-state index contributed by atoms with van der Waals surface area (Å²) < 4.78 is 3.12. The van der Waals surface area contributed by atoms with Crippen molar-refractivity contribution in [3.8, 4) is 0 Å². The quantitative estimate of drug-likeness (QED) is 0.781. The largest absolute Gasteiger partial charge is 0.382 e. The van der Waals surface area contributed by atoms with Gasteiger partial charge in [-0.3, -0.25) is 14.2 Å². The van der Waals surface area contributed by atoms with Gasteiger partial charge in [0.2, 0.25) is 0 Å². The molecule has 0 aliphatic carbocycles. The van der Waals surface area contributed by atoms with E-state index in [1.54, 1.807) is 17.8 Å². The molecule has 0 saturated heterocycles. The fourth-order valence-electron chi connectivity index (χ4n) is 1.50. The third kappa shape index (κ3) is 2.12. The number of aryl methyl sites for hydroxylation is 3. The van der Waals surface area contributed by atoms with Crippen molar-refractivity contribution in [2.75, 3.05) is 11.1 Å². The number of anilines is 2. The molecule has 1 amide bonds. The molecule has 2 aromatic rings. The van der Waals surface area contributed by atoms with Gasteiger partial charge in [-0.2, -0.15) is 10.2 Å². The third-order valence-electron chi connectivity index (χ3n) is 2.49. The van der Waals surface area contributed by atoms with Gasteiger partial charge in [-0.1, -0.05) is 0 Å². The Bertz CT molecular complexity index is 548. The summed E-state index contributed by atoms with van der Waals surface area (Å²) in [5, 5.41) is 10.7. The SMILES string of the molecule is Cc1cc(NC(=O)c2cc(N)nn2C)nn1C. The van der Waals surface area contributed by atoms with Crippen LogP contribution >= 0.6 is 0 Å². The number of aromatic nitrogens is 4. The van der Waals surface area contributed by atoms with Crippen molar-refractivity contribution in [3.05, 3.63) is 23.5 Å². The maximum atomic E-state index is 11.9. The smallest absolute Gasteiger partial charge is 0.275 e. The van der Waals surface area contributed by atoms with E-state index in [0.717, 1.165) is 5.69 Å². The molecule has 0 saturated carbocycles. The predicted octanol–water partition coefficient (Wildman–Crippen LogP) is 0.297. The van der Waals surface area contributed by atoms with Crippen LogP contribution < -0.4 is 11.1 Å². The molecule has 7 heteroatoms. The lowest BCUT2D eigenvalue weighted by Gasteiger charge is -2.01. The summed E-state index contributed by atoms with van der Waals surface area (Å²) in [5.41, 5.74) is 6.86. The second-order valence-electron chi connectivity index (χ2n) is 3.83. The number of carbonyl (C=O) groups is 1. The van der Waals surface area contributed by atoms with E-state index in [9.17, 15) is 4.79 Å². The van der Waals surface area contributed by atoms with Crippen molar-refractivity contribution in [2.45, 2.75) is 6.92 Å². The van der Waals surface area contributed by atoms with Crippen LogP contribution in [0.2, 0.25) is 0 Å². The van der Waals surface area contributed by atoms with E-state index in [1.165, 1.54) is 10.7 Å². The first-order valence-electron chi connectivity index (χ1n) is 5.09. The van der Waals surface area contributed by atoms with Crippen molar-refractivity contribution in [3.63, 3.8) is 0 Å². The van der Waals surface area contributed by atoms with Crippen LogP contribution in [-0.2, 0) is 14.1 Å². The van der Waals surface area contributed by atoms with Crippen LogP contribution in [0.3, 0.4) is 0 Å². The highest BCUT2D eigenvalue weighted by Crippen LogP contribution is 2.10. The fraction of sp³-hybridized carbons (Fsp3) is 0.300.